The maximum Gasteiger partial charge on any atom is 0.145 e. The van der Waals surface area contributed by atoms with Crippen LogP contribution < -0.4 is 10.1 Å². The molecule has 4 heteroatoms. The van der Waals surface area contributed by atoms with Gasteiger partial charge in [0.2, 0.25) is 0 Å². The third-order valence-electron chi connectivity index (χ3n) is 3.99. The van der Waals surface area contributed by atoms with E-state index in [1.165, 1.54) is 12.1 Å². The van der Waals surface area contributed by atoms with E-state index in [0.29, 0.717) is 11.8 Å². The molecule has 2 nitrogen and oxygen atoms in total. The molecule has 0 amide bonds. The summed E-state index contributed by atoms with van der Waals surface area (Å²) < 4.78 is 19.2. The highest BCUT2D eigenvalue weighted by molar-refractivity contribution is 6.30. The lowest BCUT2D eigenvalue weighted by Gasteiger charge is -2.51. The zero-order valence-corrected chi connectivity index (χ0v) is 12.4. The molecule has 19 heavy (non-hydrogen) atoms. The summed E-state index contributed by atoms with van der Waals surface area (Å²) in [5, 5.41) is 3.65. The molecule has 2 atom stereocenters. The van der Waals surface area contributed by atoms with E-state index in [-0.39, 0.29) is 16.5 Å². The fraction of sp³-hybridized carbons (Fsp3) is 0.600. The molecule has 0 saturated heterocycles. The molecule has 1 aromatic carbocycles. The van der Waals surface area contributed by atoms with Crippen LogP contribution >= 0.6 is 11.6 Å². The van der Waals surface area contributed by atoms with Crippen LogP contribution in [0.3, 0.4) is 0 Å². The number of benzene rings is 1. The van der Waals surface area contributed by atoms with Gasteiger partial charge >= 0.3 is 0 Å². The van der Waals surface area contributed by atoms with Crippen LogP contribution in [0.25, 0.3) is 0 Å². The van der Waals surface area contributed by atoms with Gasteiger partial charge in [-0.25, -0.2) is 4.39 Å². The van der Waals surface area contributed by atoms with Crippen LogP contribution in [0.1, 0.15) is 33.6 Å². The second kappa shape index (κ2) is 5.68. The Morgan fingerprint density at radius 3 is 2.79 bits per heavy atom. The van der Waals surface area contributed by atoms with Crippen molar-refractivity contribution in [3.05, 3.63) is 29.0 Å². The van der Waals surface area contributed by atoms with Crippen LogP contribution in [0.2, 0.25) is 5.02 Å². The van der Waals surface area contributed by atoms with Gasteiger partial charge in [0, 0.05) is 23.9 Å². The van der Waals surface area contributed by atoms with Gasteiger partial charge in [-0.3, -0.25) is 0 Å². The van der Waals surface area contributed by atoms with E-state index in [9.17, 15) is 4.39 Å². The molecule has 1 N–H and O–H groups in total. The second-order valence-corrected chi connectivity index (χ2v) is 6.15. The summed E-state index contributed by atoms with van der Waals surface area (Å²) in [4.78, 5) is 0. The van der Waals surface area contributed by atoms with Crippen molar-refractivity contribution in [2.75, 3.05) is 6.54 Å². The zero-order valence-electron chi connectivity index (χ0n) is 11.7. The van der Waals surface area contributed by atoms with Crippen molar-refractivity contribution < 1.29 is 9.13 Å². The van der Waals surface area contributed by atoms with Crippen LogP contribution in [0.4, 0.5) is 4.39 Å². The second-order valence-electron chi connectivity index (χ2n) is 5.75. The first kappa shape index (κ1) is 14.6. The first-order valence-electron chi connectivity index (χ1n) is 6.80. The number of ether oxygens (including phenoxy) is 1. The summed E-state index contributed by atoms with van der Waals surface area (Å²) >= 11 is 5.66. The Bertz CT molecular complexity index is 450. The number of nitrogens with one attached hydrogen (secondary N) is 1. The van der Waals surface area contributed by atoms with E-state index >= 15 is 0 Å². The predicted molar refractivity (Wildman–Crippen MR) is 76.3 cm³/mol. The van der Waals surface area contributed by atoms with Crippen LogP contribution in [0.15, 0.2) is 18.2 Å². The summed E-state index contributed by atoms with van der Waals surface area (Å²) in [5.41, 5.74) is 0.0608. The van der Waals surface area contributed by atoms with E-state index in [4.69, 9.17) is 16.3 Å². The number of halogens is 2. The van der Waals surface area contributed by atoms with Crippen LogP contribution in [-0.2, 0) is 0 Å². The minimum Gasteiger partial charge on any atom is -0.490 e. The van der Waals surface area contributed by atoms with Crippen molar-refractivity contribution in [3.8, 4) is 5.75 Å². The van der Waals surface area contributed by atoms with E-state index < -0.39 is 5.82 Å². The summed E-state index contributed by atoms with van der Waals surface area (Å²) in [6, 6.07) is 5.07. The van der Waals surface area contributed by atoms with E-state index in [1.54, 1.807) is 6.07 Å². The van der Waals surface area contributed by atoms with Crippen molar-refractivity contribution in [3.63, 3.8) is 0 Å². The maximum absolute atomic E-state index is 13.4. The molecule has 1 aliphatic rings. The first-order valence-corrected chi connectivity index (χ1v) is 7.18. The molecule has 0 heterocycles. The normalized spacial score (nSPS) is 24.9. The van der Waals surface area contributed by atoms with Gasteiger partial charge in [-0.1, -0.05) is 32.4 Å². The minimum absolute atomic E-state index is 0.0608. The molecule has 1 fully saturated rings. The smallest absolute Gasteiger partial charge is 0.145 e. The van der Waals surface area contributed by atoms with Gasteiger partial charge in [0.05, 0.1) is 5.02 Å². The average Bonchev–Trinajstić information content (AvgIpc) is 2.37. The molecular formula is C15H21ClFNO. The van der Waals surface area contributed by atoms with E-state index in [1.807, 2.05) is 0 Å². The Morgan fingerprint density at radius 1 is 1.47 bits per heavy atom. The lowest BCUT2D eigenvalue weighted by atomic mass is 9.64. The number of hydrogen-bond acceptors (Lipinski definition) is 2. The van der Waals surface area contributed by atoms with Crippen molar-refractivity contribution >= 4 is 11.6 Å². The first-order chi connectivity index (χ1) is 8.95. The molecule has 0 aliphatic heterocycles. The van der Waals surface area contributed by atoms with Crippen molar-refractivity contribution in [1.29, 1.82) is 0 Å². The van der Waals surface area contributed by atoms with Gasteiger partial charge < -0.3 is 10.1 Å². The molecule has 0 radical (unpaired) electrons. The third-order valence-corrected chi connectivity index (χ3v) is 4.29. The van der Waals surface area contributed by atoms with E-state index in [2.05, 4.69) is 26.1 Å². The quantitative estimate of drug-likeness (QED) is 0.882. The van der Waals surface area contributed by atoms with Gasteiger partial charge in [0.15, 0.2) is 0 Å². The molecule has 106 valence electrons. The summed E-state index contributed by atoms with van der Waals surface area (Å²) in [5.74, 6) is 0.117. The Labute approximate surface area is 119 Å². The predicted octanol–water partition coefficient (Wildman–Crippen LogP) is 4.02. The summed E-state index contributed by atoms with van der Waals surface area (Å²) in [7, 11) is 0. The van der Waals surface area contributed by atoms with Crippen LogP contribution in [0, 0.1) is 11.2 Å². The lowest BCUT2D eigenvalue weighted by Crippen LogP contribution is -2.62. The SMILES string of the molecule is CCCNC1CC(Oc2ccc(Cl)c(F)c2)C1(C)C. The van der Waals surface area contributed by atoms with Gasteiger partial charge in [-0.05, 0) is 25.1 Å². The fourth-order valence-corrected chi connectivity index (χ4v) is 2.58. The highest BCUT2D eigenvalue weighted by Gasteiger charge is 2.49. The molecule has 1 aliphatic carbocycles. The molecule has 2 rings (SSSR count). The lowest BCUT2D eigenvalue weighted by molar-refractivity contribution is -0.0547. The Hall–Kier alpha value is -0.800. The average molecular weight is 286 g/mol. The van der Waals surface area contributed by atoms with Gasteiger partial charge in [-0.2, -0.15) is 0 Å². The minimum atomic E-state index is -0.433. The highest BCUT2D eigenvalue weighted by Crippen LogP contribution is 2.43. The number of hydrogen-bond donors (Lipinski definition) is 1. The zero-order chi connectivity index (χ0) is 14.0. The topological polar surface area (TPSA) is 21.3 Å². The van der Waals surface area contributed by atoms with Gasteiger partial charge in [0.1, 0.15) is 17.7 Å². The molecule has 0 aromatic heterocycles. The van der Waals surface area contributed by atoms with Gasteiger partial charge in [0.25, 0.3) is 0 Å². The van der Waals surface area contributed by atoms with Crippen molar-refractivity contribution in [2.24, 2.45) is 5.41 Å². The van der Waals surface area contributed by atoms with Crippen LogP contribution in [0.5, 0.6) is 5.75 Å². The van der Waals surface area contributed by atoms with Crippen molar-refractivity contribution in [1.82, 2.24) is 5.32 Å². The molecule has 1 aromatic rings. The van der Waals surface area contributed by atoms with Gasteiger partial charge in [-0.15, -0.1) is 0 Å². The Balaban J connectivity index is 1.96. The standard InChI is InChI=1S/C15H21ClFNO/c1-4-7-18-13-9-14(15(13,2)3)19-10-5-6-11(16)12(17)8-10/h5-6,8,13-14,18H,4,7,9H2,1-3H3. The Morgan fingerprint density at radius 2 is 2.21 bits per heavy atom. The molecule has 2 unspecified atom stereocenters. The monoisotopic (exact) mass is 285 g/mol. The fourth-order valence-electron chi connectivity index (χ4n) is 2.46. The summed E-state index contributed by atoms with van der Waals surface area (Å²) in [6.07, 6.45) is 2.19. The highest BCUT2D eigenvalue weighted by atomic mass is 35.5. The summed E-state index contributed by atoms with van der Waals surface area (Å²) in [6.45, 7) is 7.54. The molecular weight excluding hydrogens is 265 g/mol. The number of rotatable bonds is 5. The third kappa shape index (κ3) is 3.03. The van der Waals surface area contributed by atoms with Crippen molar-refractivity contribution in [2.45, 2.75) is 45.8 Å². The van der Waals surface area contributed by atoms with Crippen LogP contribution in [-0.4, -0.2) is 18.7 Å². The molecule has 0 bridgehead atoms. The largest absolute Gasteiger partial charge is 0.490 e. The maximum atomic E-state index is 13.4. The molecule has 0 spiro atoms. The van der Waals surface area contributed by atoms with E-state index in [0.717, 1.165) is 19.4 Å². The Kier molecular flexibility index (Phi) is 4.36. The molecule has 1 saturated carbocycles.